The van der Waals surface area contributed by atoms with Crippen molar-refractivity contribution in [1.82, 2.24) is 0 Å². The highest BCUT2D eigenvalue weighted by Crippen LogP contribution is 2.30. The summed E-state index contributed by atoms with van der Waals surface area (Å²) in [6.07, 6.45) is 1.83. The Labute approximate surface area is 175 Å². The highest BCUT2D eigenvalue weighted by atomic mass is 16.5. The van der Waals surface area contributed by atoms with Crippen LogP contribution < -0.4 is 14.4 Å². The van der Waals surface area contributed by atoms with E-state index in [9.17, 15) is 9.59 Å². The van der Waals surface area contributed by atoms with Gasteiger partial charge in [-0.25, -0.2) is 0 Å². The van der Waals surface area contributed by atoms with Gasteiger partial charge in [-0.05, 0) is 60.9 Å². The Morgan fingerprint density at radius 3 is 2.33 bits per heavy atom. The van der Waals surface area contributed by atoms with Crippen molar-refractivity contribution < 1.29 is 19.1 Å². The third-order valence-electron chi connectivity index (χ3n) is 5.22. The van der Waals surface area contributed by atoms with Crippen LogP contribution in [0.1, 0.15) is 27.9 Å². The molecule has 3 aromatic rings. The Bertz CT molecular complexity index is 1040. The number of rotatable bonds is 6. The van der Waals surface area contributed by atoms with E-state index in [0.29, 0.717) is 23.4 Å². The SMILES string of the molecule is COc1ccc2c(c1)CCCN2C(=O)COc1ccc(C(=O)c2ccccc2)cc1. The van der Waals surface area contributed by atoms with E-state index in [0.717, 1.165) is 29.8 Å². The van der Waals surface area contributed by atoms with Crippen LogP contribution in [0.4, 0.5) is 5.69 Å². The first-order valence-electron chi connectivity index (χ1n) is 9.95. The van der Waals surface area contributed by atoms with Crippen LogP contribution in [0, 0.1) is 0 Å². The fraction of sp³-hybridized carbons (Fsp3) is 0.200. The quantitative estimate of drug-likeness (QED) is 0.579. The van der Waals surface area contributed by atoms with Gasteiger partial charge in [0.2, 0.25) is 0 Å². The first-order valence-corrected chi connectivity index (χ1v) is 9.95. The topological polar surface area (TPSA) is 55.8 Å². The van der Waals surface area contributed by atoms with E-state index in [1.54, 1.807) is 48.4 Å². The molecule has 0 spiro atoms. The number of methoxy groups -OCH3 is 1. The van der Waals surface area contributed by atoms with Gasteiger partial charge < -0.3 is 14.4 Å². The number of carbonyl (C=O) groups is 2. The minimum Gasteiger partial charge on any atom is -0.497 e. The monoisotopic (exact) mass is 401 g/mol. The first-order chi connectivity index (χ1) is 14.7. The molecule has 0 fully saturated rings. The summed E-state index contributed by atoms with van der Waals surface area (Å²) in [5.74, 6) is 1.22. The molecule has 0 aliphatic carbocycles. The van der Waals surface area contributed by atoms with Crippen molar-refractivity contribution >= 4 is 17.4 Å². The molecule has 5 nitrogen and oxygen atoms in total. The van der Waals surface area contributed by atoms with Gasteiger partial charge in [0.15, 0.2) is 12.4 Å². The molecular weight excluding hydrogens is 378 g/mol. The van der Waals surface area contributed by atoms with E-state index in [2.05, 4.69) is 0 Å². The molecule has 0 radical (unpaired) electrons. The Hall–Kier alpha value is -3.60. The maximum absolute atomic E-state index is 12.8. The summed E-state index contributed by atoms with van der Waals surface area (Å²) >= 11 is 0. The van der Waals surface area contributed by atoms with Crippen molar-refractivity contribution in [3.05, 3.63) is 89.5 Å². The molecule has 1 amide bonds. The fourth-order valence-corrected chi connectivity index (χ4v) is 3.64. The van der Waals surface area contributed by atoms with Crippen molar-refractivity contribution in [2.45, 2.75) is 12.8 Å². The number of ether oxygens (including phenoxy) is 2. The summed E-state index contributed by atoms with van der Waals surface area (Å²) < 4.78 is 11.0. The molecule has 0 saturated heterocycles. The molecule has 1 aliphatic rings. The van der Waals surface area contributed by atoms with E-state index >= 15 is 0 Å². The van der Waals surface area contributed by atoms with Crippen molar-refractivity contribution in [3.8, 4) is 11.5 Å². The predicted molar refractivity (Wildman–Crippen MR) is 115 cm³/mol. The lowest BCUT2D eigenvalue weighted by molar-refractivity contribution is -0.120. The lowest BCUT2D eigenvalue weighted by Crippen LogP contribution is -2.38. The van der Waals surface area contributed by atoms with Gasteiger partial charge in [-0.3, -0.25) is 9.59 Å². The minimum atomic E-state index is -0.0921. The van der Waals surface area contributed by atoms with E-state index in [-0.39, 0.29) is 18.3 Å². The lowest BCUT2D eigenvalue weighted by Gasteiger charge is -2.29. The highest BCUT2D eigenvalue weighted by Gasteiger charge is 2.23. The summed E-state index contributed by atoms with van der Waals surface area (Å²) in [5, 5.41) is 0. The van der Waals surface area contributed by atoms with Crippen molar-refractivity contribution in [2.75, 3.05) is 25.2 Å². The van der Waals surface area contributed by atoms with Crippen molar-refractivity contribution in [2.24, 2.45) is 0 Å². The molecule has 152 valence electrons. The largest absolute Gasteiger partial charge is 0.497 e. The maximum Gasteiger partial charge on any atom is 0.264 e. The van der Waals surface area contributed by atoms with Crippen LogP contribution in [0.5, 0.6) is 11.5 Å². The molecule has 5 heteroatoms. The second kappa shape index (κ2) is 8.82. The number of anilines is 1. The molecule has 30 heavy (non-hydrogen) atoms. The molecule has 3 aromatic carbocycles. The smallest absolute Gasteiger partial charge is 0.264 e. The molecular formula is C25H23NO4. The molecule has 0 bridgehead atoms. The van der Waals surface area contributed by atoms with Crippen molar-refractivity contribution in [1.29, 1.82) is 0 Å². The molecule has 0 atom stereocenters. The van der Waals surface area contributed by atoms with Gasteiger partial charge in [0.1, 0.15) is 11.5 Å². The second-order valence-corrected chi connectivity index (χ2v) is 7.15. The van der Waals surface area contributed by atoms with E-state index in [1.165, 1.54) is 0 Å². The Balaban J connectivity index is 1.40. The number of ketones is 1. The number of aryl methyl sites for hydroxylation is 1. The summed E-state index contributed by atoms with van der Waals surface area (Å²) in [5.41, 5.74) is 3.25. The van der Waals surface area contributed by atoms with Gasteiger partial charge in [0.05, 0.1) is 7.11 Å². The first kappa shape index (κ1) is 19.7. The molecule has 4 rings (SSSR count). The standard InChI is InChI=1S/C25H23NO4/c1-29-22-13-14-23-20(16-22)8-5-15-26(23)24(27)17-30-21-11-9-19(10-12-21)25(28)18-6-3-2-4-7-18/h2-4,6-7,9-14,16H,5,8,15,17H2,1H3. The fourth-order valence-electron chi connectivity index (χ4n) is 3.64. The van der Waals surface area contributed by atoms with Gasteiger partial charge in [-0.15, -0.1) is 0 Å². The summed E-state index contributed by atoms with van der Waals surface area (Å²) in [6, 6.07) is 21.8. The van der Waals surface area contributed by atoms with Crippen LogP contribution in [0.15, 0.2) is 72.8 Å². The van der Waals surface area contributed by atoms with Gasteiger partial charge in [0.25, 0.3) is 5.91 Å². The van der Waals surface area contributed by atoms with Crippen LogP contribution >= 0.6 is 0 Å². The zero-order chi connectivity index (χ0) is 20.9. The van der Waals surface area contributed by atoms with Gasteiger partial charge in [-0.1, -0.05) is 30.3 Å². The maximum atomic E-state index is 12.8. The third kappa shape index (κ3) is 4.20. The molecule has 1 heterocycles. The number of hydrogen-bond donors (Lipinski definition) is 0. The predicted octanol–water partition coefficient (Wildman–Crippen LogP) is 4.28. The summed E-state index contributed by atoms with van der Waals surface area (Å²) in [6.45, 7) is 0.615. The Morgan fingerprint density at radius 2 is 1.60 bits per heavy atom. The zero-order valence-corrected chi connectivity index (χ0v) is 16.8. The molecule has 1 aliphatic heterocycles. The minimum absolute atomic E-state index is 0.0430. The van der Waals surface area contributed by atoms with Gasteiger partial charge in [-0.2, -0.15) is 0 Å². The van der Waals surface area contributed by atoms with Crippen LogP contribution in [-0.2, 0) is 11.2 Å². The average Bonchev–Trinajstić information content (AvgIpc) is 2.82. The second-order valence-electron chi connectivity index (χ2n) is 7.15. The lowest BCUT2D eigenvalue weighted by atomic mass is 10.0. The number of fused-ring (bicyclic) bond motifs is 1. The highest BCUT2D eigenvalue weighted by molar-refractivity contribution is 6.09. The van der Waals surface area contributed by atoms with Crippen LogP contribution in [0.25, 0.3) is 0 Å². The normalized spacial score (nSPS) is 12.8. The molecule has 0 unspecified atom stereocenters. The third-order valence-corrected chi connectivity index (χ3v) is 5.22. The number of benzene rings is 3. The Morgan fingerprint density at radius 1 is 0.900 bits per heavy atom. The number of amides is 1. The zero-order valence-electron chi connectivity index (χ0n) is 16.8. The van der Waals surface area contributed by atoms with Crippen LogP contribution in [0.3, 0.4) is 0 Å². The van der Waals surface area contributed by atoms with Gasteiger partial charge >= 0.3 is 0 Å². The van der Waals surface area contributed by atoms with Crippen LogP contribution in [-0.4, -0.2) is 32.0 Å². The number of nitrogens with zero attached hydrogens (tertiary/aromatic N) is 1. The number of carbonyl (C=O) groups excluding carboxylic acids is 2. The van der Waals surface area contributed by atoms with Gasteiger partial charge in [0, 0.05) is 23.4 Å². The summed E-state index contributed by atoms with van der Waals surface area (Å²) in [7, 11) is 1.64. The molecule has 0 aromatic heterocycles. The van der Waals surface area contributed by atoms with E-state index in [1.807, 2.05) is 36.4 Å². The molecule has 0 N–H and O–H groups in total. The average molecular weight is 401 g/mol. The van der Waals surface area contributed by atoms with Crippen LogP contribution in [0.2, 0.25) is 0 Å². The molecule has 0 saturated carbocycles. The number of hydrogen-bond acceptors (Lipinski definition) is 4. The summed E-state index contributed by atoms with van der Waals surface area (Å²) in [4.78, 5) is 27.0. The van der Waals surface area contributed by atoms with E-state index in [4.69, 9.17) is 9.47 Å². The van der Waals surface area contributed by atoms with E-state index < -0.39 is 0 Å². The van der Waals surface area contributed by atoms with Crippen molar-refractivity contribution in [3.63, 3.8) is 0 Å². The Kier molecular flexibility index (Phi) is 5.80.